The smallest absolute Gasteiger partial charge is 0.126 e. The lowest BCUT2D eigenvalue weighted by Gasteiger charge is -1.96. The van der Waals surface area contributed by atoms with Gasteiger partial charge in [0.15, 0.2) is 0 Å². The van der Waals surface area contributed by atoms with Crippen LogP contribution in [0.15, 0.2) is 29.6 Å². The third kappa shape index (κ3) is 1.83. The summed E-state index contributed by atoms with van der Waals surface area (Å²) in [4.78, 5) is 8.11. The summed E-state index contributed by atoms with van der Waals surface area (Å²) in [6, 6.07) is 8.37. The van der Waals surface area contributed by atoms with Crippen LogP contribution >= 0.6 is 11.3 Å². The molecule has 4 heteroatoms. The van der Waals surface area contributed by atoms with Crippen LogP contribution in [0.2, 0.25) is 0 Å². The maximum Gasteiger partial charge on any atom is 0.126 e. The Balaban J connectivity index is 2.15. The molecule has 0 saturated carbocycles. The van der Waals surface area contributed by atoms with Crippen molar-refractivity contribution in [2.75, 3.05) is 7.05 Å². The van der Waals surface area contributed by atoms with E-state index >= 15 is 0 Å². The Hall–Kier alpha value is -1.65. The number of H-pyrrole nitrogens is 1. The zero-order valence-corrected chi connectivity index (χ0v) is 11.3. The molecular weight excluding hydrogens is 242 g/mol. The van der Waals surface area contributed by atoms with Crippen LogP contribution in [0.4, 0.5) is 0 Å². The van der Waals surface area contributed by atoms with Gasteiger partial charge in [-0.05, 0) is 20.0 Å². The summed E-state index contributed by atoms with van der Waals surface area (Å²) in [6.45, 7) is 2.92. The van der Waals surface area contributed by atoms with Crippen molar-refractivity contribution < 1.29 is 0 Å². The molecule has 1 aromatic carbocycles. The zero-order chi connectivity index (χ0) is 12.5. The molecule has 0 radical (unpaired) electrons. The molecule has 92 valence electrons. The molecule has 0 aliphatic heterocycles. The van der Waals surface area contributed by atoms with Gasteiger partial charge in [-0.2, -0.15) is 0 Å². The minimum atomic E-state index is 0.817. The van der Waals surface area contributed by atoms with Gasteiger partial charge in [0.2, 0.25) is 0 Å². The SMILES string of the molecule is CNCc1csc(-c2c(C)[nH]c3ccccc23)n1. The molecule has 3 rings (SSSR count). The van der Waals surface area contributed by atoms with Crippen molar-refractivity contribution in [3.8, 4) is 10.6 Å². The number of thiazole rings is 1. The van der Waals surface area contributed by atoms with Gasteiger partial charge in [0, 0.05) is 34.1 Å². The van der Waals surface area contributed by atoms with E-state index in [9.17, 15) is 0 Å². The molecule has 18 heavy (non-hydrogen) atoms. The summed E-state index contributed by atoms with van der Waals surface area (Å²) in [6.07, 6.45) is 0. The molecule has 0 atom stereocenters. The number of hydrogen-bond donors (Lipinski definition) is 2. The van der Waals surface area contributed by atoms with Crippen molar-refractivity contribution in [1.29, 1.82) is 0 Å². The molecule has 0 aliphatic rings. The second-order valence-electron chi connectivity index (χ2n) is 4.34. The molecule has 0 aliphatic carbocycles. The summed E-state index contributed by atoms with van der Waals surface area (Å²) >= 11 is 1.71. The molecule has 2 aromatic heterocycles. The van der Waals surface area contributed by atoms with Gasteiger partial charge in [0.1, 0.15) is 5.01 Å². The highest BCUT2D eigenvalue weighted by atomic mass is 32.1. The summed E-state index contributed by atoms with van der Waals surface area (Å²) in [7, 11) is 1.94. The van der Waals surface area contributed by atoms with Crippen LogP contribution in [0.25, 0.3) is 21.5 Å². The fourth-order valence-corrected chi connectivity index (χ4v) is 3.17. The number of benzene rings is 1. The highest BCUT2D eigenvalue weighted by Gasteiger charge is 2.13. The molecular formula is C14H15N3S. The maximum absolute atomic E-state index is 4.69. The summed E-state index contributed by atoms with van der Waals surface area (Å²) in [5.41, 5.74) is 4.69. The number of rotatable bonds is 3. The summed E-state index contributed by atoms with van der Waals surface area (Å²) in [5.74, 6) is 0. The lowest BCUT2D eigenvalue weighted by atomic mass is 10.1. The average Bonchev–Trinajstić information content (AvgIpc) is 2.92. The molecule has 2 N–H and O–H groups in total. The second kappa shape index (κ2) is 4.55. The van der Waals surface area contributed by atoms with E-state index in [4.69, 9.17) is 0 Å². The number of aromatic nitrogens is 2. The summed E-state index contributed by atoms with van der Waals surface area (Å²) in [5, 5.41) is 7.59. The van der Waals surface area contributed by atoms with E-state index < -0.39 is 0 Å². The van der Waals surface area contributed by atoms with Crippen LogP contribution in [-0.2, 0) is 6.54 Å². The predicted octanol–water partition coefficient (Wildman–Crippen LogP) is 3.32. The fourth-order valence-electron chi connectivity index (χ4n) is 2.24. The van der Waals surface area contributed by atoms with E-state index in [1.807, 2.05) is 7.05 Å². The van der Waals surface area contributed by atoms with Crippen molar-refractivity contribution in [1.82, 2.24) is 15.3 Å². The first-order chi connectivity index (χ1) is 8.79. The molecule has 0 amide bonds. The van der Waals surface area contributed by atoms with Crippen molar-refractivity contribution in [2.24, 2.45) is 0 Å². The van der Waals surface area contributed by atoms with Crippen LogP contribution in [0.3, 0.4) is 0 Å². The largest absolute Gasteiger partial charge is 0.358 e. The van der Waals surface area contributed by atoms with E-state index in [0.717, 1.165) is 17.2 Å². The lowest BCUT2D eigenvalue weighted by Crippen LogP contribution is -2.04. The molecule has 0 fully saturated rings. The second-order valence-corrected chi connectivity index (χ2v) is 5.20. The highest BCUT2D eigenvalue weighted by molar-refractivity contribution is 7.13. The predicted molar refractivity (Wildman–Crippen MR) is 76.9 cm³/mol. The van der Waals surface area contributed by atoms with Gasteiger partial charge in [-0.1, -0.05) is 18.2 Å². The van der Waals surface area contributed by atoms with Gasteiger partial charge in [0.05, 0.1) is 5.69 Å². The Morgan fingerprint density at radius 1 is 1.33 bits per heavy atom. The molecule has 0 saturated heterocycles. The Morgan fingerprint density at radius 2 is 2.17 bits per heavy atom. The molecule has 0 unspecified atom stereocenters. The van der Waals surface area contributed by atoms with Crippen LogP contribution in [0, 0.1) is 6.92 Å². The molecule has 3 aromatic rings. The van der Waals surface area contributed by atoms with Gasteiger partial charge in [-0.25, -0.2) is 4.98 Å². The zero-order valence-electron chi connectivity index (χ0n) is 10.4. The number of aromatic amines is 1. The van der Waals surface area contributed by atoms with Gasteiger partial charge >= 0.3 is 0 Å². The third-order valence-electron chi connectivity index (χ3n) is 3.02. The highest BCUT2D eigenvalue weighted by Crippen LogP contribution is 2.33. The number of fused-ring (bicyclic) bond motifs is 1. The van der Waals surface area contributed by atoms with Gasteiger partial charge in [-0.15, -0.1) is 11.3 Å². The van der Waals surface area contributed by atoms with Gasteiger partial charge < -0.3 is 10.3 Å². The van der Waals surface area contributed by atoms with Crippen LogP contribution < -0.4 is 5.32 Å². The first-order valence-corrected chi connectivity index (χ1v) is 6.84. The lowest BCUT2D eigenvalue weighted by molar-refractivity contribution is 0.798. The van der Waals surface area contributed by atoms with Gasteiger partial charge in [-0.3, -0.25) is 0 Å². The molecule has 0 spiro atoms. The van der Waals surface area contributed by atoms with Crippen LogP contribution in [0.1, 0.15) is 11.4 Å². The normalized spacial score (nSPS) is 11.2. The van der Waals surface area contributed by atoms with E-state index in [1.54, 1.807) is 11.3 Å². The third-order valence-corrected chi connectivity index (χ3v) is 3.93. The molecule has 0 bridgehead atoms. The topological polar surface area (TPSA) is 40.7 Å². The molecule has 3 nitrogen and oxygen atoms in total. The Morgan fingerprint density at radius 3 is 3.00 bits per heavy atom. The fraction of sp³-hybridized carbons (Fsp3) is 0.214. The number of hydrogen-bond acceptors (Lipinski definition) is 3. The Labute approximate surface area is 110 Å². The number of para-hydroxylation sites is 1. The first kappa shape index (κ1) is 11.4. The Kier molecular flexibility index (Phi) is 2.89. The van der Waals surface area contributed by atoms with E-state index in [-0.39, 0.29) is 0 Å². The maximum atomic E-state index is 4.69. The quantitative estimate of drug-likeness (QED) is 0.755. The van der Waals surface area contributed by atoms with Crippen LogP contribution in [-0.4, -0.2) is 17.0 Å². The van der Waals surface area contributed by atoms with E-state index in [0.29, 0.717) is 0 Å². The summed E-state index contributed by atoms with van der Waals surface area (Å²) < 4.78 is 0. The Bertz CT molecular complexity index is 681. The van der Waals surface area contributed by atoms with Crippen molar-refractivity contribution >= 4 is 22.2 Å². The van der Waals surface area contributed by atoms with Crippen LogP contribution in [0.5, 0.6) is 0 Å². The number of aryl methyl sites for hydroxylation is 1. The van der Waals surface area contributed by atoms with E-state index in [1.165, 1.54) is 22.2 Å². The minimum Gasteiger partial charge on any atom is -0.358 e. The van der Waals surface area contributed by atoms with Crippen molar-refractivity contribution in [2.45, 2.75) is 13.5 Å². The standard InChI is InChI=1S/C14H15N3S/c1-9-13(11-5-3-4-6-12(11)16-9)14-17-10(7-15-2)8-18-14/h3-6,8,15-16H,7H2,1-2H3. The van der Waals surface area contributed by atoms with Gasteiger partial charge in [0.25, 0.3) is 0 Å². The van der Waals surface area contributed by atoms with Crippen molar-refractivity contribution in [3.63, 3.8) is 0 Å². The number of nitrogens with zero attached hydrogens (tertiary/aromatic N) is 1. The minimum absolute atomic E-state index is 0.817. The average molecular weight is 257 g/mol. The number of nitrogens with one attached hydrogen (secondary N) is 2. The monoisotopic (exact) mass is 257 g/mol. The molecule has 2 heterocycles. The first-order valence-electron chi connectivity index (χ1n) is 5.96. The van der Waals surface area contributed by atoms with E-state index in [2.05, 4.69) is 51.9 Å². The van der Waals surface area contributed by atoms with Crippen molar-refractivity contribution in [3.05, 3.63) is 41.0 Å².